The van der Waals surface area contributed by atoms with Gasteiger partial charge in [-0.1, -0.05) is 45.0 Å². The minimum Gasteiger partial charge on any atom is -0.439 e. The molecule has 0 unspecified atom stereocenters. The summed E-state index contributed by atoms with van der Waals surface area (Å²) in [5, 5.41) is 9.92. The van der Waals surface area contributed by atoms with E-state index in [4.69, 9.17) is 4.42 Å². The molecule has 4 aromatic rings. The molecule has 0 aliphatic carbocycles. The van der Waals surface area contributed by atoms with Gasteiger partial charge in [0.05, 0.1) is 11.9 Å². The van der Waals surface area contributed by atoms with Crippen LogP contribution in [0.1, 0.15) is 42.7 Å². The van der Waals surface area contributed by atoms with Crippen molar-refractivity contribution in [1.29, 1.82) is 0 Å². The second-order valence-corrected chi connectivity index (χ2v) is 7.67. The van der Waals surface area contributed by atoms with Crippen LogP contribution in [0.25, 0.3) is 21.9 Å². The van der Waals surface area contributed by atoms with Crippen LogP contribution in [-0.4, -0.2) is 21.1 Å². The maximum absolute atomic E-state index is 12.6. The summed E-state index contributed by atoms with van der Waals surface area (Å²) >= 11 is 0. The number of aromatic nitrogens is 3. The van der Waals surface area contributed by atoms with Gasteiger partial charge in [0, 0.05) is 5.39 Å². The lowest BCUT2D eigenvalue weighted by molar-refractivity contribution is 0.0943. The van der Waals surface area contributed by atoms with Gasteiger partial charge in [-0.15, -0.1) is 0 Å². The van der Waals surface area contributed by atoms with Gasteiger partial charge in [0.15, 0.2) is 11.3 Å². The lowest BCUT2D eigenvalue weighted by Crippen LogP contribution is -2.26. The van der Waals surface area contributed by atoms with E-state index < -0.39 is 5.91 Å². The first kappa shape index (κ1) is 17.9. The fraction of sp³-hybridized carbons (Fsp3) is 0.238. The van der Waals surface area contributed by atoms with Crippen molar-refractivity contribution in [1.82, 2.24) is 20.5 Å². The van der Waals surface area contributed by atoms with Crippen molar-refractivity contribution in [3.05, 3.63) is 70.0 Å². The van der Waals surface area contributed by atoms with Crippen molar-refractivity contribution in [3.63, 3.8) is 0 Å². The molecule has 0 spiro atoms. The number of H-pyrrole nitrogens is 1. The second kappa shape index (κ2) is 6.60. The van der Waals surface area contributed by atoms with Crippen molar-refractivity contribution in [2.75, 3.05) is 0 Å². The number of hydrogen-bond acceptors (Lipinski definition) is 5. The fourth-order valence-corrected chi connectivity index (χ4v) is 3.04. The Balaban J connectivity index is 1.57. The molecule has 0 aliphatic heterocycles. The molecule has 0 fully saturated rings. The monoisotopic (exact) mass is 376 g/mol. The Kier molecular flexibility index (Phi) is 4.22. The number of fused-ring (bicyclic) bond motifs is 2. The van der Waals surface area contributed by atoms with Crippen LogP contribution in [0.2, 0.25) is 0 Å². The number of aromatic amines is 1. The molecule has 2 heterocycles. The van der Waals surface area contributed by atoms with Gasteiger partial charge in [-0.3, -0.25) is 9.59 Å². The molecule has 4 rings (SSSR count). The maximum atomic E-state index is 12.6. The minimum atomic E-state index is -0.412. The lowest BCUT2D eigenvalue weighted by atomic mass is 9.87. The average molecular weight is 376 g/mol. The number of benzene rings is 2. The predicted octanol–water partition coefficient (Wildman–Crippen LogP) is 3.29. The number of amides is 1. The van der Waals surface area contributed by atoms with Crippen molar-refractivity contribution in [3.8, 4) is 0 Å². The van der Waals surface area contributed by atoms with Crippen LogP contribution in [0, 0.1) is 0 Å². The van der Waals surface area contributed by atoms with Gasteiger partial charge < -0.3 is 9.73 Å². The van der Waals surface area contributed by atoms with E-state index in [2.05, 4.69) is 41.3 Å². The topological polar surface area (TPSA) is 101 Å². The summed E-state index contributed by atoms with van der Waals surface area (Å²) in [5.74, 6) is -0.00627. The molecule has 0 bridgehead atoms. The van der Waals surface area contributed by atoms with Gasteiger partial charge in [-0.25, -0.2) is 10.1 Å². The Morgan fingerprint density at radius 1 is 1.14 bits per heavy atom. The first-order valence-electron chi connectivity index (χ1n) is 8.98. The Bertz CT molecular complexity index is 1250. The molecule has 0 saturated heterocycles. The van der Waals surface area contributed by atoms with E-state index in [-0.39, 0.29) is 23.2 Å². The Morgan fingerprint density at radius 3 is 2.64 bits per heavy atom. The largest absolute Gasteiger partial charge is 0.439 e. The highest BCUT2D eigenvalue weighted by Crippen LogP contribution is 2.26. The molecule has 2 N–H and O–H groups in total. The van der Waals surface area contributed by atoms with Crippen molar-refractivity contribution >= 4 is 27.8 Å². The van der Waals surface area contributed by atoms with E-state index >= 15 is 0 Å². The predicted molar refractivity (Wildman–Crippen MR) is 106 cm³/mol. The van der Waals surface area contributed by atoms with E-state index in [1.54, 1.807) is 24.3 Å². The van der Waals surface area contributed by atoms with E-state index in [9.17, 15) is 9.59 Å². The number of oxazole rings is 1. The van der Waals surface area contributed by atoms with Gasteiger partial charge >= 0.3 is 0 Å². The zero-order valence-corrected chi connectivity index (χ0v) is 15.9. The third kappa shape index (κ3) is 3.26. The first-order chi connectivity index (χ1) is 13.3. The molecule has 2 aromatic heterocycles. The zero-order valence-electron chi connectivity index (χ0n) is 15.9. The number of nitrogens with zero attached hydrogens (tertiary/aromatic N) is 2. The van der Waals surface area contributed by atoms with Crippen LogP contribution in [0.15, 0.2) is 51.7 Å². The molecular formula is C21H20N4O3. The summed E-state index contributed by atoms with van der Waals surface area (Å²) in [6.07, 6.45) is 0. The zero-order chi connectivity index (χ0) is 19.9. The lowest BCUT2D eigenvalue weighted by Gasteiger charge is -2.18. The molecule has 0 saturated carbocycles. The van der Waals surface area contributed by atoms with E-state index in [0.717, 1.165) is 11.1 Å². The number of carbonyl (C=O) groups is 1. The van der Waals surface area contributed by atoms with Gasteiger partial charge in [0.2, 0.25) is 5.89 Å². The van der Waals surface area contributed by atoms with Crippen LogP contribution >= 0.6 is 0 Å². The SMILES string of the molecule is CC(C)(C)c1ccc2oc(CNC(=O)c3n[nH]c(=O)c4ccccc34)nc2c1. The van der Waals surface area contributed by atoms with Crippen molar-refractivity contribution < 1.29 is 9.21 Å². The summed E-state index contributed by atoms with van der Waals surface area (Å²) in [4.78, 5) is 28.9. The molecule has 7 nitrogen and oxygen atoms in total. The summed E-state index contributed by atoms with van der Waals surface area (Å²) in [6.45, 7) is 6.53. The standard InChI is InChI=1S/C21H20N4O3/c1-21(2,3)12-8-9-16-15(10-12)23-17(28-16)11-22-20(27)18-13-6-4-5-7-14(13)19(26)25-24-18/h4-10H,11H2,1-3H3,(H,22,27)(H,25,26). The van der Waals surface area contributed by atoms with Crippen molar-refractivity contribution in [2.45, 2.75) is 32.7 Å². The highest BCUT2D eigenvalue weighted by atomic mass is 16.3. The fourth-order valence-electron chi connectivity index (χ4n) is 3.04. The van der Waals surface area contributed by atoms with Crippen LogP contribution in [-0.2, 0) is 12.0 Å². The molecule has 7 heteroatoms. The smallest absolute Gasteiger partial charge is 0.272 e. The third-order valence-electron chi connectivity index (χ3n) is 4.61. The maximum Gasteiger partial charge on any atom is 0.272 e. The molecule has 142 valence electrons. The van der Waals surface area contributed by atoms with E-state index in [1.165, 1.54) is 0 Å². The average Bonchev–Trinajstić information content (AvgIpc) is 3.08. The van der Waals surface area contributed by atoms with Gasteiger partial charge in [0.1, 0.15) is 5.52 Å². The number of nitrogens with one attached hydrogen (secondary N) is 2. The summed E-state index contributed by atoms with van der Waals surface area (Å²) in [5.41, 5.74) is 2.42. The third-order valence-corrected chi connectivity index (χ3v) is 4.61. The molecule has 0 atom stereocenters. The summed E-state index contributed by atoms with van der Waals surface area (Å²) in [6, 6.07) is 12.8. The van der Waals surface area contributed by atoms with Crippen LogP contribution in [0.3, 0.4) is 0 Å². The molecule has 2 aromatic carbocycles. The number of hydrogen-bond donors (Lipinski definition) is 2. The van der Waals surface area contributed by atoms with Crippen LogP contribution in [0.4, 0.5) is 0 Å². The van der Waals surface area contributed by atoms with Crippen LogP contribution < -0.4 is 10.9 Å². The van der Waals surface area contributed by atoms with Gasteiger partial charge in [-0.05, 0) is 29.2 Å². The van der Waals surface area contributed by atoms with E-state index in [1.807, 2.05) is 18.2 Å². The molecule has 28 heavy (non-hydrogen) atoms. The summed E-state index contributed by atoms with van der Waals surface area (Å²) in [7, 11) is 0. The highest BCUT2D eigenvalue weighted by Gasteiger charge is 2.17. The van der Waals surface area contributed by atoms with E-state index in [0.29, 0.717) is 22.2 Å². The number of carbonyl (C=O) groups excluding carboxylic acids is 1. The summed E-state index contributed by atoms with van der Waals surface area (Å²) < 4.78 is 5.72. The first-order valence-corrected chi connectivity index (χ1v) is 8.98. The van der Waals surface area contributed by atoms with Crippen molar-refractivity contribution in [2.24, 2.45) is 0 Å². The molecule has 0 aliphatic rings. The molecule has 1 amide bonds. The van der Waals surface area contributed by atoms with Crippen LogP contribution in [0.5, 0.6) is 0 Å². The normalized spacial score (nSPS) is 11.8. The quantitative estimate of drug-likeness (QED) is 0.571. The second-order valence-electron chi connectivity index (χ2n) is 7.67. The number of rotatable bonds is 3. The Labute approximate surface area is 160 Å². The minimum absolute atomic E-state index is 0.0124. The van der Waals surface area contributed by atoms with Gasteiger partial charge in [0.25, 0.3) is 11.5 Å². The Morgan fingerprint density at radius 2 is 1.89 bits per heavy atom. The molecular weight excluding hydrogens is 356 g/mol. The van der Waals surface area contributed by atoms with Gasteiger partial charge in [-0.2, -0.15) is 5.10 Å². The highest BCUT2D eigenvalue weighted by molar-refractivity contribution is 6.04. The molecule has 0 radical (unpaired) electrons. The Hall–Kier alpha value is -3.48.